The number of allylic oxidation sites excluding steroid dienone is 1. The highest BCUT2D eigenvalue weighted by atomic mass is 19.1. The van der Waals surface area contributed by atoms with E-state index in [2.05, 4.69) is 9.98 Å². The van der Waals surface area contributed by atoms with Gasteiger partial charge in [-0.2, -0.15) is 0 Å². The van der Waals surface area contributed by atoms with E-state index in [1.165, 1.54) is 12.3 Å². The number of nitrogens with zero attached hydrogens (tertiary/aromatic N) is 2. The molecule has 1 aliphatic rings. The molecule has 0 bridgehead atoms. The zero-order valence-corrected chi connectivity index (χ0v) is 7.07. The van der Waals surface area contributed by atoms with E-state index in [1.54, 1.807) is 6.07 Å². The van der Waals surface area contributed by atoms with Gasteiger partial charge in [0.15, 0.2) is 0 Å². The summed E-state index contributed by atoms with van der Waals surface area (Å²) in [6.07, 6.45) is 5.90. The summed E-state index contributed by atoms with van der Waals surface area (Å²) in [4.78, 5) is 8.06. The van der Waals surface area contributed by atoms with Crippen LogP contribution < -0.4 is 0 Å². The molecule has 0 unspecified atom stereocenters. The van der Waals surface area contributed by atoms with Crippen LogP contribution in [0, 0.1) is 5.82 Å². The van der Waals surface area contributed by atoms with Crippen LogP contribution in [0.25, 0.3) is 5.57 Å². The van der Waals surface area contributed by atoms with Crippen LogP contribution in [0.3, 0.4) is 0 Å². The third kappa shape index (κ3) is 1.80. The highest BCUT2D eigenvalue weighted by Crippen LogP contribution is 2.16. The number of hydrogen-bond acceptors (Lipinski definition) is 2. The Morgan fingerprint density at radius 2 is 2.23 bits per heavy atom. The monoisotopic (exact) mass is 176 g/mol. The van der Waals surface area contributed by atoms with Crippen molar-refractivity contribution in [3.8, 4) is 0 Å². The second-order valence-corrected chi connectivity index (χ2v) is 2.84. The fourth-order valence-corrected chi connectivity index (χ4v) is 1.26. The Bertz CT molecular complexity index is 352. The molecular formula is C10H9FN2. The van der Waals surface area contributed by atoms with Gasteiger partial charge in [0.1, 0.15) is 5.82 Å². The highest BCUT2D eigenvalue weighted by molar-refractivity contribution is 5.80. The molecule has 66 valence electrons. The number of rotatable bonds is 1. The first-order valence-electron chi connectivity index (χ1n) is 4.15. The molecule has 0 spiro atoms. The number of dihydropyridines is 1. The van der Waals surface area contributed by atoms with E-state index in [4.69, 9.17) is 0 Å². The second kappa shape index (κ2) is 3.47. The maximum absolute atomic E-state index is 12.5. The Morgan fingerprint density at radius 1 is 1.31 bits per heavy atom. The molecule has 0 amide bonds. The molecule has 0 N–H and O–H groups in total. The molecule has 0 saturated carbocycles. The minimum atomic E-state index is -0.297. The highest BCUT2D eigenvalue weighted by Gasteiger charge is 2.03. The first-order valence-corrected chi connectivity index (χ1v) is 4.15. The summed E-state index contributed by atoms with van der Waals surface area (Å²) in [5.41, 5.74) is 1.96. The van der Waals surface area contributed by atoms with Gasteiger partial charge in [-0.25, -0.2) is 4.39 Å². The molecule has 1 aromatic rings. The van der Waals surface area contributed by atoms with Gasteiger partial charge in [-0.05, 0) is 17.7 Å². The Balaban J connectivity index is 2.25. The number of aliphatic imine (C=N–C) groups is 1. The van der Waals surface area contributed by atoms with E-state index in [1.807, 2.05) is 12.3 Å². The van der Waals surface area contributed by atoms with Crippen molar-refractivity contribution in [2.75, 3.05) is 6.54 Å². The molecule has 0 saturated heterocycles. The van der Waals surface area contributed by atoms with Gasteiger partial charge >= 0.3 is 0 Å². The second-order valence-electron chi connectivity index (χ2n) is 2.84. The first-order chi connectivity index (χ1) is 6.36. The van der Waals surface area contributed by atoms with Crippen molar-refractivity contribution < 1.29 is 4.39 Å². The average molecular weight is 176 g/mol. The van der Waals surface area contributed by atoms with Crippen LogP contribution >= 0.6 is 0 Å². The summed E-state index contributed by atoms with van der Waals surface area (Å²) in [6, 6.07) is 3.12. The zero-order chi connectivity index (χ0) is 9.10. The summed E-state index contributed by atoms with van der Waals surface area (Å²) in [5, 5.41) is 0. The van der Waals surface area contributed by atoms with E-state index in [9.17, 15) is 4.39 Å². The Hall–Kier alpha value is -1.51. The lowest BCUT2D eigenvalue weighted by atomic mass is 10.1. The lowest BCUT2D eigenvalue weighted by Crippen LogP contribution is -1.96. The largest absolute Gasteiger partial charge is 0.293 e. The predicted molar refractivity (Wildman–Crippen MR) is 50.1 cm³/mol. The molecule has 0 aromatic carbocycles. The summed E-state index contributed by atoms with van der Waals surface area (Å²) >= 11 is 0. The zero-order valence-electron chi connectivity index (χ0n) is 7.07. The van der Waals surface area contributed by atoms with Crippen LogP contribution in [-0.4, -0.2) is 17.7 Å². The van der Waals surface area contributed by atoms with Crippen molar-refractivity contribution in [1.82, 2.24) is 4.98 Å². The smallest absolute Gasteiger partial charge is 0.141 e. The maximum Gasteiger partial charge on any atom is 0.141 e. The number of aromatic nitrogens is 1. The third-order valence-electron chi connectivity index (χ3n) is 1.94. The molecule has 2 nitrogen and oxygen atoms in total. The number of hydrogen-bond donors (Lipinski definition) is 0. The average Bonchev–Trinajstić information content (AvgIpc) is 2.20. The van der Waals surface area contributed by atoms with Crippen molar-refractivity contribution in [1.29, 1.82) is 0 Å². The topological polar surface area (TPSA) is 25.2 Å². The van der Waals surface area contributed by atoms with Crippen LogP contribution in [0.5, 0.6) is 0 Å². The molecule has 3 heteroatoms. The van der Waals surface area contributed by atoms with Gasteiger partial charge in [-0.3, -0.25) is 9.98 Å². The summed E-state index contributed by atoms with van der Waals surface area (Å²) < 4.78 is 12.5. The molecule has 0 aliphatic carbocycles. The lowest BCUT2D eigenvalue weighted by Gasteiger charge is -2.06. The summed E-state index contributed by atoms with van der Waals surface area (Å²) in [7, 11) is 0. The number of halogens is 1. The van der Waals surface area contributed by atoms with Crippen molar-refractivity contribution in [2.24, 2.45) is 4.99 Å². The quantitative estimate of drug-likeness (QED) is 0.643. The van der Waals surface area contributed by atoms with Gasteiger partial charge in [-0.1, -0.05) is 6.08 Å². The Kier molecular flexibility index (Phi) is 2.17. The molecule has 1 aliphatic heterocycles. The third-order valence-corrected chi connectivity index (χ3v) is 1.94. The SMILES string of the molecule is Fc1ccc(C2=CCN=CC2)nc1. The van der Waals surface area contributed by atoms with Crippen molar-refractivity contribution >= 4 is 11.8 Å². The summed E-state index contributed by atoms with van der Waals surface area (Å²) in [6.45, 7) is 0.703. The fourth-order valence-electron chi connectivity index (χ4n) is 1.26. The van der Waals surface area contributed by atoms with Gasteiger partial charge in [-0.15, -0.1) is 0 Å². The van der Waals surface area contributed by atoms with Crippen LogP contribution in [0.2, 0.25) is 0 Å². The van der Waals surface area contributed by atoms with Gasteiger partial charge in [0.2, 0.25) is 0 Å². The van der Waals surface area contributed by atoms with Gasteiger partial charge in [0, 0.05) is 12.6 Å². The van der Waals surface area contributed by atoms with Crippen LogP contribution in [0.4, 0.5) is 4.39 Å². The summed E-state index contributed by atoms with van der Waals surface area (Å²) in [5.74, 6) is -0.297. The van der Waals surface area contributed by atoms with Gasteiger partial charge < -0.3 is 0 Å². The van der Waals surface area contributed by atoms with Crippen LogP contribution in [0.15, 0.2) is 29.4 Å². The Labute approximate surface area is 75.8 Å². The Morgan fingerprint density at radius 3 is 2.85 bits per heavy atom. The van der Waals surface area contributed by atoms with Gasteiger partial charge in [0.25, 0.3) is 0 Å². The molecule has 1 aromatic heterocycles. The normalized spacial score (nSPS) is 15.6. The standard InChI is InChI=1S/C10H9FN2/c11-9-1-2-10(13-7-9)8-3-5-12-6-4-8/h1-3,6-7H,4-5H2. The predicted octanol–water partition coefficient (Wildman–Crippen LogP) is 2.08. The minimum Gasteiger partial charge on any atom is -0.293 e. The van der Waals surface area contributed by atoms with E-state index in [-0.39, 0.29) is 5.82 Å². The van der Waals surface area contributed by atoms with Crippen molar-refractivity contribution in [2.45, 2.75) is 6.42 Å². The van der Waals surface area contributed by atoms with Crippen LogP contribution in [-0.2, 0) is 0 Å². The maximum atomic E-state index is 12.5. The molecule has 13 heavy (non-hydrogen) atoms. The molecule has 0 radical (unpaired) electrons. The molecule has 2 rings (SSSR count). The molecule has 0 fully saturated rings. The fraction of sp³-hybridized carbons (Fsp3) is 0.200. The molecular weight excluding hydrogens is 167 g/mol. The molecule has 0 atom stereocenters. The lowest BCUT2D eigenvalue weighted by molar-refractivity contribution is 0.621. The van der Waals surface area contributed by atoms with E-state index in [0.29, 0.717) is 6.54 Å². The number of pyridine rings is 1. The van der Waals surface area contributed by atoms with Crippen LogP contribution in [0.1, 0.15) is 12.1 Å². The first kappa shape index (κ1) is 8.10. The van der Waals surface area contributed by atoms with E-state index >= 15 is 0 Å². The minimum absolute atomic E-state index is 0.297. The van der Waals surface area contributed by atoms with E-state index in [0.717, 1.165) is 17.7 Å². The van der Waals surface area contributed by atoms with Crippen molar-refractivity contribution in [3.05, 3.63) is 35.9 Å². The van der Waals surface area contributed by atoms with E-state index < -0.39 is 0 Å². The van der Waals surface area contributed by atoms with Crippen molar-refractivity contribution in [3.63, 3.8) is 0 Å². The molecule has 2 heterocycles. The van der Waals surface area contributed by atoms with Gasteiger partial charge in [0.05, 0.1) is 18.4 Å².